The van der Waals surface area contributed by atoms with Gasteiger partial charge in [0, 0.05) is 12.5 Å². The number of rotatable bonds is 3. The number of halogens is 3. The first-order valence-corrected chi connectivity index (χ1v) is 6.41. The van der Waals surface area contributed by atoms with Crippen molar-refractivity contribution in [3.8, 4) is 0 Å². The third-order valence-corrected chi connectivity index (χ3v) is 3.75. The summed E-state index contributed by atoms with van der Waals surface area (Å²) in [5.74, 6) is -0.847. The van der Waals surface area contributed by atoms with Crippen molar-refractivity contribution in [2.24, 2.45) is 24.6 Å². The summed E-state index contributed by atoms with van der Waals surface area (Å²) in [5, 5.41) is 11.5. The summed E-state index contributed by atoms with van der Waals surface area (Å²) in [6.07, 6.45) is -2.07. The van der Waals surface area contributed by atoms with Gasteiger partial charge in [0.2, 0.25) is 0 Å². The van der Waals surface area contributed by atoms with E-state index in [2.05, 4.69) is 15.4 Å². The van der Waals surface area contributed by atoms with Gasteiger partial charge in [-0.15, -0.1) is 10.2 Å². The van der Waals surface area contributed by atoms with E-state index in [1.807, 2.05) is 0 Å². The lowest BCUT2D eigenvalue weighted by Gasteiger charge is -2.33. The quantitative estimate of drug-likeness (QED) is 0.907. The Hall–Kier alpha value is -1.18. The van der Waals surface area contributed by atoms with Crippen LogP contribution in [0.15, 0.2) is 0 Å². The van der Waals surface area contributed by atoms with Crippen molar-refractivity contribution in [1.29, 1.82) is 0 Å². The molecular weight excluding hydrogens is 259 g/mol. The first-order valence-electron chi connectivity index (χ1n) is 6.41. The molecule has 3 atom stereocenters. The number of alkyl halides is 3. The number of tetrazole rings is 1. The molecule has 1 aliphatic rings. The highest BCUT2D eigenvalue weighted by atomic mass is 19.4. The Morgan fingerprint density at radius 1 is 1.42 bits per heavy atom. The zero-order valence-electron chi connectivity index (χ0n) is 10.8. The normalized spacial score (nSPS) is 26.4. The van der Waals surface area contributed by atoms with Crippen molar-refractivity contribution < 1.29 is 13.2 Å². The Kier molecular flexibility index (Phi) is 4.07. The standard InChI is InChI=1S/C11H18F3N5/c1-19-17-10(16-18-19)6-9(15)7-3-2-4-8(5-7)11(12,13)14/h7-9H,2-6,15H2,1H3. The summed E-state index contributed by atoms with van der Waals surface area (Å²) in [6.45, 7) is 0. The molecule has 0 bridgehead atoms. The predicted molar refractivity (Wildman–Crippen MR) is 62.0 cm³/mol. The lowest BCUT2D eigenvalue weighted by Crippen LogP contribution is -2.39. The van der Waals surface area contributed by atoms with Gasteiger partial charge in [0.25, 0.3) is 0 Å². The van der Waals surface area contributed by atoms with Crippen molar-refractivity contribution >= 4 is 0 Å². The van der Waals surface area contributed by atoms with Crippen LogP contribution in [0.5, 0.6) is 0 Å². The van der Waals surface area contributed by atoms with Gasteiger partial charge in [-0.25, -0.2) is 0 Å². The lowest BCUT2D eigenvalue weighted by atomic mass is 9.77. The van der Waals surface area contributed by atoms with Gasteiger partial charge in [-0.1, -0.05) is 6.42 Å². The summed E-state index contributed by atoms with van der Waals surface area (Å²) in [4.78, 5) is 1.32. The molecule has 1 aliphatic carbocycles. The maximum absolute atomic E-state index is 12.7. The molecule has 1 heterocycles. The average Bonchev–Trinajstić information content (AvgIpc) is 2.74. The molecule has 1 aromatic heterocycles. The fourth-order valence-electron chi connectivity index (χ4n) is 2.70. The molecule has 1 saturated carbocycles. The van der Waals surface area contributed by atoms with Crippen LogP contribution in [0.4, 0.5) is 13.2 Å². The fraction of sp³-hybridized carbons (Fsp3) is 0.909. The monoisotopic (exact) mass is 277 g/mol. The van der Waals surface area contributed by atoms with Gasteiger partial charge in [0.1, 0.15) is 0 Å². The number of nitrogens with two attached hydrogens (primary N) is 1. The Balaban J connectivity index is 1.93. The van der Waals surface area contributed by atoms with Gasteiger partial charge in [0.15, 0.2) is 5.82 Å². The zero-order chi connectivity index (χ0) is 14.0. The van der Waals surface area contributed by atoms with Crippen molar-refractivity contribution in [3.63, 3.8) is 0 Å². The van der Waals surface area contributed by atoms with Gasteiger partial charge < -0.3 is 5.73 Å². The van der Waals surface area contributed by atoms with Crippen LogP contribution in [0.2, 0.25) is 0 Å². The molecule has 0 aliphatic heterocycles. The predicted octanol–water partition coefficient (Wildman–Crippen LogP) is 1.45. The number of aryl methyl sites for hydroxylation is 1. The van der Waals surface area contributed by atoms with Crippen LogP contribution in [0.1, 0.15) is 31.5 Å². The van der Waals surface area contributed by atoms with E-state index in [-0.39, 0.29) is 24.8 Å². The van der Waals surface area contributed by atoms with Crippen molar-refractivity contribution in [2.75, 3.05) is 0 Å². The molecule has 1 fully saturated rings. The largest absolute Gasteiger partial charge is 0.391 e. The molecule has 0 saturated heterocycles. The third-order valence-electron chi connectivity index (χ3n) is 3.75. The van der Waals surface area contributed by atoms with Gasteiger partial charge in [-0.3, -0.25) is 0 Å². The molecule has 3 unspecified atom stereocenters. The molecule has 19 heavy (non-hydrogen) atoms. The van der Waals surface area contributed by atoms with E-state index in [1.165, 1.54) is 4.80 Å². The summed E-state index contributed by atoms with van der Waals surface area (Å²) >= 11 is 0. The maximum atomic E-state index is 12.7. The average molecular weight is 277 g/mol. The van der Waals surface area contributed by atoms with E-state index in [9.17, 15) is 13.2 Å². The maximum Gasteiger partial charge on any atom is 0.391 e. The summed E-state index contributed by atoms with van der Waals surface area (Å²) in [5.41, 5.74) is 6.01. The molecule has 108 valence electrons. The van der Waals surface area contributed by atoms with Gasteiger partial charge >= 0.3 is 6.18 Å². The molecule has 0 amide bonds. The van der Waals surface area contributed by atoms with E-state index in [0.717, 1.165) is 6.42 Å². The molecule has 2 N–H and O–H groups in total. The van der Waals surface area contributed by atoms with Crippen LogP contribution in [0.25, 0.3) is 0 Å². The second-order valence-electron chi connectivity index (χ2n) is 5.23. The van der Waals surface area contributed by atoms with Gasteiger partial charge in [0.05, 0.1) is 13.0 Å². The number of aromatic nitrogens is 4. The number of nitrogens with zero attached hydrogens (tertiary/aromatic N) is 4. The highest BCUT2D eigenvalue weighted by Crippen LogP contribution is 2.40. The zero-order valence-corrected chi connectivity index (χ0v) is 10.8. The van der Waals surface area contributed by atoms with Crippen LogP contribution in [0, 0.1) is 11.8 Å². The lowest BCUT2D eigenvalue weighted by molar-refractivity contribution is -0.186. The minimum atomic E-state index is -4.11. The summed E-state index contributed by atoms with van der Waals surface area (Å²) in [7, 11) is 1.64. The first-order chi connectivity index (χ1) is 8.86. The molecule has 0 radical (unpaired) electrons. The Labute approximate surface area is 109 Å². The van der Waals surface area contributed by atoms with E-state index >= 15 is 0 Å². The fourth-order valence-corrected chi connectivity index (χ4v) is 2.70. The van der Waals surface area contributed by atoms with Crippen LogP contribution >= 0.6 is 0 Å². The molecule has 0 spiro atoms. The molecule has 0 aromatic carbocycles. The summed E-state index contributed by atoms with van der Waals surface area (Å²) in [6, 6.07) is -0.339. The molecule has 2 rings (SSSR count). The van der Waals surface area contributed by atoms with Crippen molar-refractivity contribution in [3.05, 3.63) is 5.82 Å². The van der Waals surface area contributed by atoms with Gasteiger partial charge in [-0.2, -0.15) is 18.0 Å². The molecule has 8 heteroatoms. The van der Waals surface area contributed by atoms with Crippen LogP contribution < -0.4 is 5.73 Å². The first kappa shape index (κ1) is 14.2. The third kappa shape index (κ3) is 3.65. The topological polar surface area (TPSA) is 69.6 Å². The van der Waals surface area contributed by atoms with Crippen LogP contribution in [-0.4, -0.2) is 32.4 Å². The number of hydrogen-bond acceptors (Lipinski definition) is 4. The van der Waals surface area contributed by atoms with Gasteiger partial charge in [-0.05, 0) is 30.4 Å². The second kappa shape index (κ2) is 5.44. The Morgan fingerprint density at radius 3 is 2.74 bits per heavy atom. The summed E-state index contributed by atoms with van der Waals surface area (Å²) < 4.78 is 38.2. The van der Waals surface area contributed by atoms with E-state index < -0.39 is 12.1 Å². The molecule has 5 nitrogen and oxygen atoms in total. The molecular formula is C11H18F3N5. The van der Waals surface area contributed by atoms with Crippen LogP contribution in [0.3, 0.4) is 0 Å². The minimum absolute atomic E-state index is 0.116. The smallest absolute Gasteiger partial charge is 0.327 e. The second-order valence-corrected chi connectivity index (χ2v) is 5.23. The van der Waals surface area contributed by atoms with E-state index in [4.69, 9.17) is 5.73 Å². The number of hydrogen-bond donors (Lipinski definition) is 1. The Bertz CT molecular complexity index is 417. The SMILES string of the molecule is Cn1nnc(CC(N)C2CCCC(C(F)(F)F)C2)n1. The van der Waals surface area contributed by atoms with Crippen LogP contribution in [-0.2, 0) is 13.5 Å². The van der Waals surface area contributed by atoms with Crippen molar-refractivity contribution in [2.45, 2.75) is 44.3 Å². The Morgan fingerprint density at radius 2 is 2.16 bits per heavy atom. The van der Waals surface area contributed by atoms with Crippen molar-refractivity contribution in [1.82, 2.24) is 20.2 Å². The highest BCUT2D eigenvalue weighted by molar-refractivity contribution is 4.90. The van der Waals surface area contributed by atoms with E-state index in [1.54, 1.807) is 7.05 Å². The highest BCUT2D eigenvalue weighted by Gasteiger charge is 2.43. The minimum Gasteiger partial charge on any atom is -0.327 e. The molecule has 1 aromatic rings. The van der Waals surface area contributed by atoms with E-state index in [0.29, 0.717) is 18.7 Å².